The third-order valence-corrected chi connectivity index (χ3v) is 4.26. The Labute approximate surface area is 123 Å². The summed E-state index contributed by atoms with van der Waals surface area (Å²) in [6.45, 7) is 0.787. The summed E-state index contributed by atoms with van der Waals surface area (Å²) < 4.78 is 0.661. The van der Waals surface area contributed by atoms with Crippen LogP contribution in [-0.2, 0) is 4.79 Å². The normalized spacial score (nSPS) is 18.9. The van der Waals surface area contributed by atoms with Gasteiger partial charge in [-0.05, 0) is 18.2 Å². The molecule has 0 radical (unpaired) electrons. The van der Waals surface area contributed by atoms with Gasteiger partial charge in [-0.25, -0.2) is 4.79 Å². The van der Waals surface area contributed by atoms with E-state index in [1.807, 2.05) is 0 Å². The number of hydrogen-bond acceptors (Lipinski definition) is 4. The molecule has 0 saturated carbocycles. The van der Waals surface area contributed by atoms with Crippen LogP contribution >= 0.6 is 27.7 Å². The number of rotatable bonds is 3. The first kappa shape index (κ1) is 14.4. The maximum Gasteiger partial charge on any atom is 0.337 e. The largest absolute Gasteiger partial charge is 0.478 e. The van der Waals surface area contributed by atoms with Crippen LogP contribution < -0.4 is 10.6 Å². The number of carboxylic acids is 1. The molecule has 0 aromatic heterocycles. The topological polar surface area (TPSA) is 78.4 Å². The molecule has 0 spiro atoms. The van der Waals surface area contributed by atoms with Crippen molar-refractivity contribution in [3.8, 4) is 0 Å². The average Bonchev–Trinajstić information content (AvgIpc) is 2.41. The van der Waals surface area contributed by atoms with Gasteiger partial charge >= 0.3 is 5.97 Å². The smallest absolute Gasteiger partial charge is 0.337 e. The van der Waals surface area contributed by atoms with Crippen LogP contribution in [-0.4, -0.2) is 41.1 Å². The molecule has 1 atom stereocenters. The van der Waals surface area contributed by atoms with Crippen molar-refractivity contribution in [3.05, 3.63) is 28.2 Å². The van der Waals surface area contributed by atoms with E-state index >= 15 is 0 Å². The zero-order chi connectivity index (χ0) is 13.8. The first-order valence-electron chi connectivity index (χ1n) is 5.73. The van der Waals surface area contributed by atoms with Crippen LogP contribution in [0.1, 0.15) is 10.4 Å². The minimum Gasteiger partial charge on any atom is -0.478 e. The number of carbonyl (C=O) groups excluding carboxylic acids is 1. The number of hydrogen-bond donors (Lipinski definition) is 3. The molecule has 1 fully saturated rings. The number of amides is 1. The Bertz CT molecular complexity index is 504. The standard InChI is InChI=1S/C12H13BrN2O3S/c13-7-1-2-9(8(5-7)12(17)18)15-11(16)10-6-19-4-3-14-10/h1-2,5,10,14H,3-4,6H2,(H,15,16)(H,17,18). The summed E-state index contributed by atoms with van der Waals surface area (Å²) in [5.74, 6) is 0.423. The molecule has 2 rings (SSSR count). The highest BCUT2D eigenvalue weighted by atomic mass is 79.9. The predicted molar refractivity (Wildman–Crippen MR) is 78.8 cm³/mol. The number of thioether (sulfide) groups is 1. The van der Waals surface area contributed by atoms with Gasteiger partial charge in [0.05, 0.1) is 17.3 Å². The lowest BCUT2D eigenvalue weighted by atomic mass is 10.1. The van der Waals surface area contributed by atoms with E-state index in [4.69, 9.17) is 5.11 Å². The van der Waals surface area contributed by atoms with Gasteiger partial charge in [0, 0.05) is 22.5 Å². The molecule has 3 N–H and O–H groups in total. The summed E-state index contributed by atoms with van der Waals surface area (Å²) >= 11 is 4.92. The number of aromatic carboxylic acids is 1. The van der Waals surface area contributed by atoms with Crippen LogP contribution in [0.3, 0.4) is 0 Å². The van der Waals surface area contributed by atoms with Gasteiger partial charge in [-0.1, -0.05) is 15.9 Å². The minimum absolute atomic E-state index is 0.0752. The number of carbonyl (C=O) groups is 2. The van der Waals surface area contributed by atoms with Crippen molar-refractivity contribution < 1.29 is 14.7 Å². The fraction of sp³-hybridized carbons (Fsp3) is 0.333. The SMILES string of the molecule is O=C(O)c1cc(Br)ccc1NC(=O)C1CSCCN1. The zero-order valence-corrected chi connectivity index (χ0v) is 12.4. The van der Waals surface area contributed by atoms with Crippen molar-refractivity contribution in [2.24, 2.45) is 0 Å². The van der Waals surface area contributed by atoms with Gasteiger partial charge < -0.3 is 15.7 Å². The molecule has 1 saturated heterocycles. The minimum atomic E-state index is -1.07. The number of nitrogens with one attached hydrogen (secondary N) is 2. The highest BCUT2D eigenvalue weighted by Crippen LogP contribution is 2.21. The zero-order valence-electron chi connectivity index (χ0n) is 9.98. The lowest BCUT2D eigenvalue weighted by molar-refractivity contribution is -0.117. The van der Waals surface area contributed by atoms with Crippen LogP contribution in [0.15, 0.2) is 22.7 Å². The first-order valence-corrected chi connectivity index (χ1v) is 7.67. The Balaban J connectivity index is 2.13. The molecule has 0 aliphatic carbocycles. The van der Waals surface area contributed by atoms with Gasteiger partial charge in [-0.15, -0.1) is 0 Å². The van der Waals surface area contributed by atoms with E-state index in [2.05, 4.69) is 26.6 Å². The maximum absolute atomic E-state index is 12.0. The van der Waals surface area contributed by atoms with Crippen molar-refractivity contribution in [1.29, 1.82) is 0 Å². The lowest BCUT2D eigenvalue weighted by Gasteiger charge is -2.22. The summed E-state index contributed by atoms with van der Waals surface area (Å²) in [5.41, 5.74) is 0.393. The van der Waals surface area contributed by atoms with Crippen molar-refractivity contribution >= 4 is 45.3 Å². The molecule has 1 unspecified atom stereocenters. The molecule has 1 heterocycles. The molecule has 102 valence electrons. The quantitative estimate of drug-likeness (QED) is 0.779. The molecule has 5 nitrogen and oxygen atoms in total. The fourth-order valence-corrected chi connectivity index (χ4v) is 3.05. The fourth-order valence-electron chi connectivity index (χ4n) is 1.76. The maximum atomic E-state index is 12.0. The summed E-state index contributed by atoms with van der Waals surface area (Å²) in [6.07, 6.45) is 0. The van der Waals surface area contributed by atoms with Crippen molar-refractivity contribution in [2.75, 3.05) is 23.4 Å². The third-order valence-electron chi connectivity index (χ3n) is 2.71. The molecule has 1 aromatic rings. The van der Waals surface area contributed by atoms with Crippen LogP contribution in [0.5, 0.6) is 0 Å². The first-order chi connectivity index (χ1) is 9.08. The summed E-state index contributed by atoms with van der Waals surface area (Å²) in [5, 5.41) is 14.9. The van der Waals surface area contributed by atoms with E-state index in [1.54, 1.807) is 23.9 Å². The Morgan fingerprint density at radius 3 is 2.89 bits per heavy atom. The third kappa shape index (κ3) is 3.71. The molecule has 1 aromatic carbocycles. The summed E-state index contributed by atoms with van der Waals surface area (Å²) in [6, 6.07) is 4.48. The monoisotopic (exact) mass is 344 g/mol. The second-order valence-electron chi connectivity index (χ2n) is 4.07. The van der Waals surface area contributed by atoms with E-state index in [0.717, 1.165) is 12.3 Å². The predicted octanol–water partition coefficient (Wildman–Crippen LogP) is 1.79. The Morgan fingerprint density at radius 2 is 2.26 bits per heavy atom. The van der Waals surface area contributed by atoms with E-state index in [1.165, 1.54) is 6.07 Å². The van der Waals surface area contributed by atoms with Crippen LogP contribution in [0.25, 0.3) is 0 Å². The van der Waals surface area contributed by atoms with Crippen molar-refractivity contribution in [2.45, 2.75) is 6.04 Å². The van der Waals surface area contributed by atoms with Gasteiger partial charge in [0.15, 0.2) is 0 Å². The Kier molecular flexibility index (Phi) is 4.84. The van der Waals surface area contributed by atoms with E-state index < -0.39 is 5.97 Å². The molecular weight excluding hydrogens is 332 g/mol. The lowest BCUT2D eigenvalue weighted by Crippen LogP contribution is -2.46. The Morgan fingerprint density at radius 1 is 1.47 bits per heavy atom. The van der Waals surface area contributed by atoms with Crippen LogP contribution in [0.2, 0.25) is 0 Å². The summed E-state index contributed by atoms with van der Waals surface area (Å²) in [7, 11) is 0. The van der Waals surface area contributed by atoms with Gasteiger partial charge in [0.25, 0.3) is 0 Å². The number of halogens is 1. The Hall–Kier alpha value is -1.05. The van der Waals surface area contributed by atoms with Crippen molar-refractivity contribution in [3.63, 3.8) is 0 Å². The van der Waals surface area contributed by atoms with Crippen LogP contribution in [0, 0.1) is 0 Å². The highest BCUT2D eigenvalue weighted by Gasteiger charge is 2.22. The molecule has 7 heteroatoms. The number of anilines is 1. The van der Waals surface area contributed by atoms with E-state index in [0.29, 0.717) is 15.9 Å². The number of benzene rings is 1. The van der Waals surface area contributed by atoms with Gasteiger partial charge in [-0.3, -0.25) is 4.79 Å². The summed E-state index contributed by atoms with van der Waals surface area (Å²) in [4.78, 5) is 23.2. The highest BCUT2D eigenvalue weighted by molar-refractivity contribution is 9.10. The molecule has 1 aliphatic rings. The van der Waals surface area contributed by atoms with Gasteiger partial charge in [0.1, 0.15) is 0 Å². The van der Waals surface area contributed by atoms with Crippen molar-refractivity contribution in [1.82, 2.24) is 5.32 Å². The molecule has 19 heavy (non-hydrogen) atoms. The van der Waals surface area contributed by atoms with Gasteiger partial charge in [0.2, 0.25) is 5.91 Å². The second-order valence-corrected chi connectivity index (χ2v) is 6.13. The molecule has 0 bridgehead atoms. The van der Waals surface area contributed by atoms with E-state index in [9.17, 15) is 9.59 Å². The van der Waals surface area contributed by atoms with E-state index in [-0.39, 0.29) is 17.5 Å². The molecular formula is C12H13BrN2O3S. The average molecular weight is 345 g/mol. The van der Waals surface area contributed by atoms with Gasteiger partial charge in [-0.2, -0.15) is 11.8 Å². The number of carboxylic acid groups (broad SMARTS) is 1. The van der Waals surface area contributed by atoms with Crippen LogP contribution in [0.4, 0.5) is 5.69 Å². The molecule has 1 amide bonds. The molecule has 1 aliphatic heterocycles. The second kappa shape index (κ2) is 6.40.